The standard InChI is InChI=1S/C24H24F2O4/c1-15(2)21(11-12-24(29)14-20(27)13-22(28)30-24)23(16-3-7-18(25)8-4-16)17-5-9-19(26)10-6-17/h3-12,15,20,27,29H,13-14H2,1-2H3/b12-11+/t20-,24+/m0/s1. The Balaban J connectivity index is 2.13. The second-order valence-corrected chi connectivity index (χ2v) is 7.71. The highest BCUT2D eigenvalue weighted by atomic mass is 19.1. The van der Waals surface area contributed by atoms with E-state index in [1.807, 2.05) is 13.8 Å². The molecular weight excluding hydrogens is 390 g/mol. The van der Waals surface area contributed by atoms with E-state index >= 15 is 0 Å². The number of aliphatic hydroxyl groups excluding tert-OH is 1. The first kappa shape index (κ1) is 21.9. The maximum atomic E-state index is 13.5. The molecule has 0 aromatic heterocycles. The zero-order valence-corrected chi connectivity index (χ0v) is 16.8. The summed E-state index contributed by atoms with van der Waals surface area (Å²) in [5.41, 5.74) is 2.92. The minimum absolute atomic E-state index is 0.0424. The molecule has 2 atom stereocenters. The van der Waals surface area contributed by atoms with E-state index in [0.717, 1.165) is 11.1 Å². The number of cyclic esters (lactones) is 1. The van der Waals surface area contributed by atoms with Crippen molar-refractivity contribution in [1.29, 1.82) is 0 Å². The van der Waals surface area contributed by atoms with Crippen molar-refractivity contribution < 1.29 is 28.5 Å². The van der Waals surface area contributed by atoms with Crippen LogP contribution in [-0.4, -0.2) is 28.1 Å². The van der Waals surface area contributed by atoms with Gasteiger partial charge in [-0.1, -0.05) is 44.2 Å². The van der Waals surface area contributed by atoms with Crippen molar-refractivity contribution in [2.45, 2.75) is 38.6 Å². The van der Waals surface area contributed by atoms with Crippen molar-refractivity contribution in [1.82, 2.24) is 0 Å². The Morgan fingerprint density at radius 3 is 2.00 bits per heavy atom. The highest BCUT2D eigenvalue weighted by molar-refractivity contribution is 5.84. The number of hydrogen-bond acceptors (Lipinski definition) is 4. The molecule has 0 spiro atoms. The van der Waals surface area contributed by atoms with Gasteiger partial charge in [0.05, 0.1) is 12.5 Å². The molecule has 3 rings (SSSR count). The number of benzene rings is 2. The lowest BCUT2D eigenvalue weighted by atomic mass is 9.87. The highest BCUT2D eigenvalue weighted by Gasteiger charge is 2.37. The quantitative estimate of drug-likeness (QED) is 0.563. The number of rotatable bonds is 5. The Morgan fingerprint density at radius 2 is 1.57 bits per heavy atom. The number of esters is 1. The maximum absolute atomic E-state index is 13.5. The minimum atomic E-state index is -1.93. The molecule has 1 fully saturated rings. The van der Waals surface area contributed by atoms with Crippen LogP contribution in [0.2, 0.25) is 0 Å². The smallest absolute Gasteiger partial charge is 0.311 e. The molecule has 30 heavy (non-hydrogen) atoms. The molecule has 6 heteroatoms. The third-order valence-electron chi connectivity index (χ3n) is 4.92. The van der Waals surface area contributed by atoms with Gasteiger partial charge in [-0.25, -0.2) is 8.78 Å². The van der Waals surface area contributed by atoms with Crippen LogP contribution in [0.15, 0.2) is 66.3 Å². The third-order valence-corrected chi connectivity index (χ3v) is 4.92. The molecule has 2 aromatic rings. The second kappa shape index (κ2) is 8.90. The van der Waals surface area contributed by atoms with E-state index in [4.69, 9.17) is 4.74 Å². The van der Waals surface area contributed by atoms with Crippen molar-refractivity contribution in [2.75, 3.05) is 0 Å². The Labute approximate surface area is 174 Å². The van der Waals surface area contributed by atoms with Crippen LogP contribution in [0.1, 0.15) is 37.8 Å². The summed E-state index contributed by atoms with van der Waals surface area (Å²) in [6.45, 7) is 3.89. The van der Waals surface area contributed by atoms with Gasteiger partial charge in [0.2, 0.25) is 5.79 Å². The summed E-state index contributed by atoms with van der Waals surface area (Å²) in [7, 11) is 0. The fraction of sp³-hybridized carbons (Fsp3) is 0.292. The maximum Gasteiger partial charge on any atom is 0.311 e. The average Bonchev–Trinajstić information content (AvgIpc) is 2.66. The van der Waals surface area contributed by atoms with E-state index in [9.17, 15) is 23.8 Å². The van der Waals surface area contributed by atoms with Crippen LogP contribution < -0.4 is 0 Å². The number of carbonyl (C=O) groups is 1. The van der Waals surface area contributed by atoms with Gasteiger partial charge < -0.3 is 14.9 Å². The fourth-order valence-corrected chi connectivity index (χ4v) is 3.50. The molecule has 0 saturated carbocycles. The van der Waals surface area contributed by atoms with Crippen molar-refractivity contribution in [3.8, 4) is 0 Å². The zero-order valence-electron chi connectivity index (χ0n) is 16.8. The number of ether oxygens (including phenoxy) is 1. The van der Waals surface area contributed by atoms with Gasteiger partial charge >= 0.3 is 5.97 Å². The molecule has 1 saturated heterocycles. The summed E-state index contributed by atoms with van der Waals surface area (Å²) in [5, 5.41) is 20.5. The Kier molecular flexibility index (Phi) is 6.48. The molecule has 0 amide bonds. The van der Waals surface area contributed by atoms with Crippen LogP contribution >= 0.6 is 0 Å². The highest BCUT2D eigenvalue weighted by Crippen LogP contribution is 2.33. The Hall–Kier alpha value is -2.83. The van der Waals surface area contributed by atoms with Crippen LogP contribution in [0.4, 0.5) is 8.78 Å². The summed E-state index contributed by atoms with van der Waals surface area (Å²) >= 11 is 0. The molecule has 2 N–H and O–H groups in total. The molecule has 1 aliphatic rings. The van der Waals surface area contributed by atoms with Crippen molar-refractivity contribution >= 4 is 11.5 Å². The summed E-state index contributed by atoms with van der Waals surface area (Å²) in [4.78, 5) is 11.6. The van der Waals surface area contributed by atoms with E-state index in [2.05, 4.69) is 0 Å². The molecule has 2 aromatic carbocycles. The number of allylic oxidation sites excluding steroid dienone is 2. The normalized spacial score (nSPS) is 21.7. The molecule has 0 bridgehead atoms. The third kappa shape index (κ3) is 5.20. The van der Waals surface area contributed by atoms with E-state index in [1.165, 1.54) is 30.3 Å². The first-order valence-corrected chi connectivity index (χ1v) is 9.74. The average molecular weight is 414 g/mol. The van der Waals surface area contributed by atoms with Crippen LogP contribution in [0, 0.1) is 17.6 Å². The predicted octanol–water partition coefficient (Wildman–Crippen LogP) is 4.37. The van der Waals surface area contributed by atoms with E-state index in [-0.39, 0.29) is 30.4 Å². The molecule has 1 aliphatic heterocycles. The topological polar surface area (TPSA) is 66.8 Å². The van der Waals surface area contributed by atoms with Crippen LogP contribution in [0.5, 0.6) is 0 Å². The van der Waals surface area contributed by atoms with Crippen LogP contribution in [0.25, 0.3) is 5.57 Å². The van der Waals surface area contributed by atoms with Gasteiger partial charge in [-0.2, -0.15) is 0 Å². The first-order valence-electron chi connectivity index (χ1n) is 9.74. The van der Waals surface area contributed by atoms with Gasteiger partial charge in [0.1, 0.15) is 11.6 Å². The minimum Gasteiger partial charge on any atom is -0.429 e. The number of carbonyl (C=O) groups excluding carboxylic acids is 1. The lowest BCUT2D eigenvalue weighted by molar-refractivity contribution is -0.214. The predicted molar refractivity (Wildman–Crippen MR) is 109 cm³/mol. The SMILES string of the molecule is CC(C)C(/C=C/[C@]1(O)C[C@@H](O)CC(=O)O1)=C(c1ccc(F)cc1)c1ccc(F)cc1. The Bertz CT molecular complexity index is 914. The molecule has 4 nitrogen and oxygen atoms in total. The summed E-state index contributed by atoms with van der Waals surface area (Å²) < 4.78 is 32.0. The molecule has 1 heterocycles. The van der Waals surface area contributed by atoms with Gasteiger partial charge in [-0.3, -0.25) is 4.79 Å². The number of aliphatic hydroxyl groups is 2. The van der Waals surface area contributed by atoms with Gasteiger partial charge in [0.15, 0.2) is 0 Å². The van der Waals surface area contributed by atoms with Gasteiger partial charge in [-0.15, -0.1) is 0 Å². The summed E-state index contributed by atoms with van der Waals surface area (Å²) in [6, 6.07) is 11.9. The van der Waals surface area contributed by atoms with Crippen molar-refractivity contribution in [3.05, 3.63) is 89.0 Å². The lowest BCUT2D eigenvalue weighted by Gasteiger charge is -2.31. The van der Waals surface area contributed by atoms with E-state index in [1.54, 1.807) is 30.3 Å². The number of halogens is 2. The van der Waals surface area contributed by atoms with Gasteiger partial charge in [0.25, 0.3) is 0 Å². The fourth-order valence-electron chi connectivity index (χ4n) is 3.50. The summed E-state index contributed by atoms with van der Waals surface area (Å²) in [6.07, 6.45) is 1.68. The zero-order chi connectivity index (χ0) is 21.9. The molecule has 0 aliphatic carbocycles. The molecule has 0 radical (unpaired) electrons. The lowest BCUT2D eigenvalue weighted by Crippen LogP contribution is -2.42. The monoisotopic (exact) mass is 414 g/mol. The van der Waals surface area contributed by atoms with Crippen LogP contribution in [0.3, 0.4) is 0 Å². The van der Waals surface area contributed by atoms with Crippen molar-refractivity contribution in [2.24, 2.45) is 5.92 Å². The van der Waals surface area contributed by atoms with E-state index < -0.39 is 17.9 Å². The largest absolute Gasteiger partial charge is 0.429 e. The molecular formula is C24H24F2O4. The Morgan fingerprint density at radius 1 is 1.07 bits per heavy atom. The van der Waals surface area contributed by atoms with E-state index in [0.29, 0.717) is 11.1 Å². The van der Waals surface area contributed by atoms with Crippen molar-refractivity contribution in [3.63, 3.8) is 0 Å². The van der Waals surface area contributed by atoms with Crippen LogP contribution in [-0.2, 0) is 9.53 Å². The first-order chi connectivity index (χ1) is 14.2. The number of hydrogen-bond donors (Lipinski definition) is 2. The molecule has 0 unspecified atom stereocenters. The van der Waals surface area contributed by atoms with Gasteiger partial charge in [0, 0.05) is 6.42 Å². The molecule has 158 valence electrons. The second-order valence-electron chi connectivity index (χ2n) is 7.71. The summed E-state index contributed by atoms with van der Waals surface area (Å²) in [5.74, 6) is -3.41. The van der Waals surface area contributed by atoms with Gasteiger partial charge in [-0.05, 0) is 58.5 Å².